The third-order valence-corrected chi connectivity index (χ3v) is 3.19. The van der Waals surface area contributed by atoms with E-state index in [1.807, 2.05) is 43.3 Å². The number of amides is 2. The highest BCUT2D eigenvalue weighted by Crippen LogP contribution is 2.22. The van der Waals surface area contributed by atoms with Crippen LogP contribution in [0.25, 0.3) is 0 Å². The number of ether oxygens (including phenoxy) is 1. The van der Waals surface area contributed by atoms with Crippen molar-refractivity contribution in [2.75, 3.05) is 18.5 Å². The number of para-hydroxylation sites is 1. The predicted octanol–water partition coefficient (Wildman–Crippen LogP) is 3.85. The molecule has 2 rings (SSSR count). The van der Waals surface area contributed by atoms with Gasteiger partial charge in [0.25, 0.3) is 0 Å². The fourth-order valence-corrected chi connectivity index (χ4v) is 2.00. The van der Waals surface area contributed by atoms with Crippen molar-refractivity contribution in [3.63, 3.8) is 0 Å². The summed E-state index contributed by atoms with van der Waals surface area (Å²) in [6.07, 6.45) is 0. The van der Waals surface area contributed by atoms with Gasteiger partial charge in [-0.15, -0.1) is 0 Å². The zero-order valence-corrected chi connectivity index (χ0v) is 13.5. The topological polar surface area (TPSA) is 50.4 Å². The number of anilines is 1. The molecule has 0 fully saturated rings. The summed E-state index contributed by atoms with van der Waals surface area (Å²) < 4.78 is 5.42. The average molecular weight is 329 g/mol. The molecule has 4 nitrogen and oxygen atoms in total. The second-order valence-corrected chi connectivity index (χ2v) is 5.16. The molecule has 0 saturated heterocycles. The van der Waals surface area contributed by atoms with Gasteiger partial charge in [-0.25, -0.2) is 4.79 Å². The standard InChI is InChI=1S/C18H17ClN2O2/c1-14-7-6-8-15(13-14)21-18(22)20-11-4-5-12-23-17-10-3-2-9-16(17)19/h2-3,6-10,13H,11-12H2,1H3,(H2,20,21,22). The van der Waals surface area contributed by atoms with Crippen LogP contribution in [0.2, 0.25) is 5.02 Å². The first kappa shape index (κ1) is 16.7. The normalized spacial score (nSPS) is 9.48. The SMILES string of the molecule is Cc1cccc(NC(=O)NCC#CCOc2ccccc2Cl)c1. The Hall–Kier alpha value is -2.64. The number of halogens is 1. The van der Waals surface area contributed by atoms with Crippen molar-refractivity contribution in [1.82, 2.24) is 5.32 Å². The van der Waals surface area contributed by atoms with Crippen LogP contribution in [0.1, 0.15) is 5.56 Å². The number of aryl methyl sites for hydroxylation is 1. The van der Waals surface area contributed by atoms with Gasteiger partial charge in [0.05, 0.1) is 11.6 Å². The molecular weight excluding hydrogens is 312 g/mol. The lowest BCUT2D eigenvalue weighted by Gasteiger charge is -2.05. The second kappa shape index (κ2) is 8.72. The Morgan fingerprint density at radius 1 is 1.17 bits per heavy atom. The van der Waals surface area contributed by atoms with Crippen LogP contribution < -0.4 is 15.4 Å². The molecule has 0 aliphatic heterocycles. The average Bonchev–Trinajstić information content (AvgIpc) is 2.52. The van der Waals surface area contributed by atoms with Gasteiger partial charge in [0.1, 0.15) is 12.4 Å². The van der Waals surface area contributed by atoms with E-state index in [1.54, 1.807) is 12.1 Å². The lowest BCUT2D eigenvalue weighted by Crippen LogP contribution is -2.28. The molecular formula is C18H17ClN2O2. The summed E-state index contributed by atoms with van der Waals surface area (Å²) in [4.78, 5) is 11.7. The van der Waals surface area contributed by atoms with Crippen LogP contribution in [0.4, 0.5) is 10.5 Å². The summed E-state index contributed by atoms with van der Waals surface area (Å²) in [6.45, 7) is 2.42. The van der Waals surface area contributed by atoms with Crippen molar-refractivity contribution in [3.8, 4) is 17.6 Å². The van der Waals surface area contributed by atoms with E-state index in [2.05, 4.69) is 22.5 Å². The monoisotopic (exact) mass is 328 g/mol. The van der Waals surface area contributed by atoms with E-state index in [4.69, 9.17) is 16.3 Å². The zero-order valence-electron chi connectivity index (χ0n) is 12.7. The Morgan fingerprint density at radius 3 is 2.78 bits per heavy atom. The van der Waals surface area contributed by atoms with Crippen molar-refractivity contribution in [3.05, 3.63) is 59.1 Å². The minimum atomic E-state index is -0.295. The van der Waals surface area contributed by atoms with Gasteiger partial charge in [-0.2, -0.15) is 0 Å². The Bertz CT molecular complexity index is 735. The first-order chi connectivity index (χ1) is 11.1. The molecule has 0 heterocycles. The molecule has 118 valence electrons. The summed E-state index contributed by atoms with van der Waals surface area (Å²) in [6, 6.07) is 14.5. The third-order valence-electron chi connectivity index (χ3n) is 2.87. The first-order valence-electron chi connectivity index (χ1n) is 7.10. The summed E-state index contributed by atoms with van der Waals surface area (Å²) in [7, 11) is 0. The zero-order chi connectivity index (χ0) is 16.5. The summed E-state index contributed by atoms with van der Waals surface area (Å²) >= 11 is 5.96. The molecule has 0 saturated carbocycles. The number of rotatable bonds is 4. The van der Waals surface area contributed by atoms with Gasteiger partial charge < -0.3 is 15.4 Å². The maximum absolute atomic E-state index is 11.7. The lowest BCUT2D eigenvalue weighted by atomic mass is 10.2. The predicted molar refractivity (Wildman–Crippen MR) is 92.9 cm³/mol. The Labute approximate surface area is 140 Å². The van der Waals surface area contributed by atoms with E-state index in [0.717, 1.165) is 11.3 Å². The molecule has 2 aromatic carbocycles. The van der Waals surface area contributed by atoms with Gasteiger partial charge >= 0.3 is 6.03 Å². The van der Waals surface area contributed by atoms with E-state index < -0.39 is 0 Å². The van der Waals surface area contributed by atoms with Crippen LogP contribution in [0.15, 0.2) is 48.5 Å². The molecule has 0 aliphatic carbocycles. The van der Waals surface area contributed by atoms with Crippen LogP contribution in [0.5, 0.6) is 5.75 Å². The lowest BCUT2D eigenvalue weighted by molar-refractivity contribution is 0.253. The van der Waals surface area contributed by atoms with Crippen LogP contribution in [-0.4, -0.2) is 19.2 Å². The van der Waals surface area contributed by atoms with Crippen LogP contribution in [-0.2, 0) is 0 Å². The third kappa shape index (κ3) is 5.93. The molecule has 0 atom stereocenters. The Kier molecular flexibility index (Phi) is 6.34. The number of carbonyl (C=O) groups excluding carboxylic acids is 1. The number of benzene rings is 2. The highest BCUT2D eigenvalue weighted by Gasteiger charge is 1.99. The molecule has 0 unspecified atom stereocenters. The quantitative estimate of drug-likeness (QED) is 0.837. The number of nitrogens with one attached hydrogen (secondary N) is 2. The Balaban J connectivity index is 1.69. The fraction of sp³-hybridized carbons (Fsp3) is 0.167. The Morgan fingerprint density at radius 2 is 2.00 bits per heavy atom. The molecule has 0 bridgehead atoms. The summed E-state index contributed by atoms with van der Waals surface area (Å²) in [5, 5.41) is 5.94. The summed E-state index contributed by atoms with van der Waals surface area (Å²) in [5.74, 6) is 6.22. The number of hydrogen-bond donors (Lipinski definition) is 2. The first-order valence-corrected chi connectivity index (χ1v) is 7.47. The molecule has 5 heteroatoms. The van der Waals surface area contributed by atoms with Gasteiger partial charge in [0, 0.05) is 5.69 Å². The fourth-order valence-electron chi connectivity index (χ4n) is 1.81. The van der Waals surface area contributed by atoms with E-state index >= 15 is 0 Å². The number of hydrogen-bond acceptors (Lipinski definition) is 2. The van der Waals surface area contributed by atoms with Gasteiger partial charge in [0.2, 0.25) is 0 Å². The smallest absolute Gasteiger partial charge is 0.319 e. The number of urea groups is 1. The second-order valence-electron chi connectivity index (χ2n) is 4.75. The van der Waals surface area contributed by atoms with E-state index in [9.17, 15) is 4.79 Å². The molecule has 2 amide bonds. The van der Waals surface area contributed by atoms with E-state index in [-0.39, 0.29) is 19.2 Å². The van der Waals surface area contributed by atoms with E-state index in [1.165, 1.54) is 0 Å². The highest BCUT2D eigenvalue weighted by molar-refractivity contribution is 6.32. The van der Waals surface area contributed by atoms with Crippen molar-refractivity contribution >= 4 is 23.3 Å². The maximum Gasteiger partial charge on any atom is 0.319 e. The van der Waals surface area contributed by atoms with Crippen LogP contribution in [0, 0.1) is 18.8 Å². The van der Waals surface area contributed by atoms with Crippen molar-refractivity contribution in [1.29, 1.82) is 0 Å². The van der Waals surface area contributed by atoms with E-state index in [0.29, 0.717) is 10.8 Å². The van der Waals surface area contributed by atoms with Crippen molar-refractivity contribution in [2.45, 2.75) is 6.92 Å². The highest BCUT2D eigenvalue weighted by atomic mass is 35.5. The van der Waals surface area contributed by atoms with Gasteiger partial charge in [-0.05, 0) is 36.8 Å². The molecule has 2 aromatic rings. The molecule has 0 spiro atoms. The summed E-state index contributed by atoms with van der Waals surface area (Å²) in [5.41, 5.74) is 1.83. The van der Waals surface area contributed by atoms with Gasteiger partial charge in [-0.3, -0.25) is 0 Å². The van der Waals surface area contributed by atoms with Gasteiger partial charge in [-0.1, -0.05) is 47.7 Å². The van der Waals surface area contributed by atoms with Crippen molar-refractivity contribution < 1.29 is 9.53 Å². The molecule has 0 radical (unpaired) electrons. The molecule has 0 aromatic heterocycles. The molecule has 0 aliphatic rings. The molecule has 23 heavy (non-hydrogen) atoms. The maximum atomic E-state index is 11.7. The van der Waals surface area contributed by atoms with Gasteiger partial charge in [0.15, 0.2) is 0 Å². The number of carbonyl (C=O) groups is 1. The molecule has 2 N–H and O–H groups in total. The van der Waals surface area contributed by atoms with Crippen LogP contribution >= 0.6 is 11.6 Å². The minimum Gasteiger partial charge on any atom is -0.479 e. The largest absolute Gasteiger partial charge is 0.479 e. The van der Waals surface area contributed by atoms with Crippen molar-refractivity contribution in [2.24, 2.45) is 0 Å². The van der Waals surface area contributed by atoms with Crippen LogP contribution in [0.3, 0.4) is 0 Å². The minimum absolute atomic E-state index is 0.213.